The Kier molecular flexibility index (Phi) is 3.88. The minimum atomic E-state index is -0.242. The van der Waals surface area contributed by atoms with Gasteiger partial charge in [0.2, 0.25) is 0 Å². The molecule has 2 rings (SSSR count). The van der Waals surface area contributed by atoms with E-state index >= 15 is 0 Å². The van der Waals surface area contributed by atoms with Crippen LogP contribution < -0.4 is 11.1 Å². The second-order valence-corrected chi connectivity index (χ2v) is 4.68. The third kappa shape index (κ3) is 2.95. The molecule has 0 saturated carbocycles. The van der Waals surface area contributed by atoms with E-state index in [2.05, 4.69) is 27.2 Å². The van der Waals surface area contributed by atoms with Gasteiger partial charge in [0.15, 0.2) is 0 Å². The lowest BCUT2D eigenvalue weighted by atomic mass is 10.1. The molecule has 0 radical (unpaired) electrons. The number of benzene rings is 2. The standard InChI is InChI=1S/C15H11BrN2O/c1-2-10-5-3-6-11(9-10)18-15(19)12-7-4-8-13(17)14(12)16/h1,3-9H,17H2,(H,18,19). The van der Waals surface area contributed by atoms with E-state index in [0.717, 1.165) is 0 Å². The first-order valence-electron chi connectivity index (χ1n) is 5.54. The van der Waals surface area contributed by atoms with Crippen molar-refractivity contribution in [1.82, 2.24) is 0 Å². The van der Waals surface area contributed by atoms with Crippen LogP contribution in [0.15, 0.2) is 46.9 Å². The predicted octanol–water partition coefficient (Wildman–Crippen LogP) is 3.26. The van der Waals surface area contributed by atoms with Crippen LogP contribution in [0.1, 0.15) is 15.9 Å². The molecule has 0 fully saturated rings. The normalized spacial score (nSPS) is 9.68. The molecule has 19 heavy (non-hydrogen) atoms. The number of terminal acetylenes is 1. The number of anilines is 2. The predicted molar refractivity (Wildman–Crippen MR) is 80.9 cm³/mol. The molecule has 3 nitrogen and oxygen atoms in total. The topological polar surface area (TPSA) is 55.1 Å². The monoisotopic (exact) mass is 314 g/mol. The average molecular weight is 315 g/mol. The van der Waals surface area contributed by atoms with Crippen LogP contribution in [0, 0.1) is 12.3 Å². The lowest BCUT2D eigenvalue weighted by molar-refractivity contribution is 0.102. The number of carbonyl (C=O) groups excluding carboxylic acids is 1. The summed E-state index contributed by atoms with van der Waals surface area (Å²) in [4.78, 5) is 12.1. The number of carbonyl (C=O) groups is 1. The van der Waals surface area contributed by atoms with Crippen molar-refractivity contribution in [1.29, 1.82) is 0 Å². The molecule has 3 N–H and O–H groups in total. The molecule has 0 atom stereocenters. The quantitative estimate of drug-likeness (QED) is 0.660. The van der Waals surface area contributed by atoms with E-state index in [-0.39, 0.29) is 5.91 Å². The first kappa shape index (κ1) is 13.2. The van der Waals surface area contributed by atoms with Crippen LogP contribution in [0.25, 0.3) is 0 Å². The summed E-state index contributed by atoms with van der Waals surface area (Å²) in [5.74, 6) is 2.28. The molecule has 0 aliphatic carbocycles. The first-order chi connectivity index (χ1) is 9.11. The van der Waals surface area contributed by atoms with Gasteiger partial charge >= 0.3 is 0 Å². The highest BCUT2D eigenvalue weighted by Crippen LogP contribution is 2.24. The van der Waals surface area contributed by atoms with Crippen LogP contribution in [0.4, 0.5) is 11.4 Å². The van der Waals surface area contributed by atoms with Crippen molar-refractivity contribution in [3.05, 3.63) is 58.1 Å². The minimum absolute atomic E-state index is 0.242. The van der Waals surface area contributed by atoms with Crippen molar-refractivity contribution >= 4 is 33.2 Å². The zero-order chi connectivity index (χ0) is 13.8. The van der Waals surface area contributed by atoms with Gasteiger partial charge in [-0.05, 0) is 46.3 Å². The van der Waals surface area contributed by atoms with Gasteiger partial charge in [-0.1, -0.05) is 18.1 Å². The van der Waals surface area contributed by atoms with Crippen LogP contribution in [-0.2, 0) is 0 Å². The van der Waals surface area contributed by atoms with Crippen LogP contribution in [0.2, 0.25) is 0 Å². The maximum absolute atomic E-state index is 12.1. The summed E-state index contributed by atoms with van der Waals surface area (Å²) in [5, 5.41) is 2.78. The van der Waals surface area contributed by atoms with Crippen LogP contribution in [-0.4, -0.2) is 5.91 Å². The highest BCUT2D eigenvalue weighted by atomic mass is 79.9. The molecule has 2 aromatic carbocycles. The lowest BCUT2D eigenvalue weighted by Crippen LogP contribution is -2.13. The van der Waals surface area contributed by atoms with E-state index in [1.165, 1.54) is 0 Å². The van der Waals surface area contributed by atoms with Gasteiger partial charge in [0.25, 0.3) is 5.91 Å². The van der Waals surface area contributed by atoms with E-state index in [4.69, 9.17) is 12.2 Å². The summed E-state index contributed by atoms with van der Waals surface area (Å²) in [7, 11) is 0. The maximum Gasteiger partial charge on any atom is 0.256 e. The largest absolute Gasteiger partial charge is 0.398 e. The summed E-state index contributed by atoms with van der Waals surface area (Å²) in [6.45, 7) is 0. The number of nitrogens with one attached hydrogen (secondary N) is 1. The van der Waals surface area contributed by atoms with Crippen molar-refractivity contribution in [2.24, 2.45) is 0 Å². The number of halogens is 1. The summed E-state index contributed by atoms with van der Waals surface area (Å²) >= 11 is 3.30. The molecule has 0 bridgehead atoms. The van der Waals surface area contributed by atoms with E-state index in [0.29, 0.717) is 27.0 Å². The van der Waals surface area contributed by atoms with Gasteiger partial charge in [-0.2, -0.15) is 0 Å². The smallest absolute Gasteiger partial charge is 0.256 e. The third-order valence-corrected chi connectivity index (χ3v) is 3.45. The van der Waals surface area contributed by atoms with Crippen molar-refractivity contribution in [3.63, 3.8) is 0 Å². The SMILES string of the molecule is C#Cc1cccc(NC(=O)c2cccc(N)c2Br)c1. The van der Waals surface area contributed by atoms with Gasteiger partial charge in [-0.25, -0.2) is 0 Å². The maximum atomic E-state index is 12.1. The molecule has 2 aromatic rings. The molecule has 4 heteroatoms. The van der Waals surface area contributed by atoms with Crippen LogP contribution in [0.3, 0.4) is 0 Å². The zero-order valence-electron chi connectivity index (χ0n) is 9.98. The Balaban J connectivity index is 2.26. The second-order valence-electron chi connectivity index (χ2n) is 3.89. The van der Waals surface area contributed by atoms with Crippen LogP contribution >= 0.6 is 15.9 Å². The molecular weight excluding hydrogens is 304 g/mol. The molecule has 0 saturated heterocycles. The summed E-state index contributed by atoms with van der Waals surface area (Å²) in [6.07, 6.45) is 5.32. The van der Waals surface area contributed by atoms with Crippen molar-refractivity contribution in [2.75, 3.05) is 11.1 Å². The fourth-order valence-corrected chi connectivity index (χ4v) is 2.05. The fourth-order valence-electron chi connectivity index (χ4n) is 1.61. The number of rotatable bonds is 2. The molecule has 0 spiro atoms. The van der Waals surface area contributed by atoms with Gasteiger partial charge < -0.3 is 11.1 Å². The highest BCUT2D eigenvalue weighted by Gasteiger charge is 2.11. The molecule has 0 heterocycles. The Labute approximate surface area is 120 Å². The molecule has 0 aliphatic rings. The Morgan fingerprint density at radius 2 is 2.00 bits per heavy atom. The van der Waals surface area contributed by atoms with Gasteiger partial charge in [0.1, 0.15) is 0 Å². The molecule has 0 aliphatic heterocycles. The van der Waals surface area contributed by atoms with Gasteiger partial charge in [0, 0.05) is 16.9 Å². The van der Waals surface area contributed by atoms with Crippen LogP contribution in [0.5, 0.6) is 0 Å². The van der Waals surface area contributed by atoms with Crippen molar-refractivity contribution in [3.8, 4) is 12.3 Å². The summed E-state index contributed by atoms with van der Waals surface area (Å²) in [6, 6.07) is 12.2. The molecule has 0 unspecified atom stereocenters. The lowest BCUT2D eigenvalue weighted by Gasteiger charge is -2.08. The van der Waals surface area contributed by atoms with E-state index < -0.39 is 0 Å². The molecule has 0 aromatic heterocycles. The van der Waals surface area contributed by atoms with Gasteiger partial charge in [-0.3, -0.25) is 4.79 Å². The average Bonchev–Trinajstić information content (AvgIpc) is 2.42. The number of amides is 1. The Morgan fingerprint density at radius 3 is 2.74 bits per heavy atom. The molecule has 1 amide bonds. The third-order valence-electron chi connectivity index (χ3n) is 2.56. The van der Waals surface area contributed by atoms with Crippen molar-refractivity contribution < 1.29 is 4.79 Å². The first-order valence-corrected chi connectivity index (χ1v) is 6.33. The van der Waals surface area contributed by atoms with Gasteiger partial charge in [-0.15, -0.1) is 6.42 Å². The van der Waals surface area contributed by atoms with E-state index in [1.54, 1.807) is 42.5 Å². The fraction of sp³-hybridized carbons (Fsp3) is 0. The summed E-state index contributed by atoms with van der Waals surface area (Å²) in [5.41, 5.74) is 8.10. The van der Waals surface area contributed by atoms with E-state index in [1.807, 2.05) is 0 Å². The Bertz CT molecular complexity index is 674. The number of hydrogen-bond acceptors (Lipinski definition) is 2. The van der Waals surface area contributed by atoms with Crippen molar-refractivity contribution in [2.45, 2.75) is 0 Å². The second kappa shape index (κ2) is 5.59. The van der Waals surface area contributed by atoms with E-state index in [9.17, 15) is 4.79 Å². The number of nitrogens with two attached hydrogens (primary N) is 1. The molecular formula is C15H11BrN2O. The van der Waals surface area contributed by atoms with Gasteiger partial charge in [0.05, 0.1) is 10.0 Å². The zero-order valence-corrected chi connectivity index (χ0v) is 11.6. The molecule has 94 valence electrons. The minimum Gasteiger partial charge on any atom is -0.398 e. The summed E-state index contributed by atoms with van der Waals surface area (Å²) < 4.78 is 0.584. The Morgan fingerprint density at radius 1 is 1.26 bits per heavy atom. The number of nitrogen functional groups attached to an aromatic ring is 1. The Hall–Kier alpha value is -2.25. The highest BCUT2D eigenvalue weighted by molar-refractivity contribution is 9.10. The number of hydrogen-bond donors (Lipinski definition) is 2.